The molecule has 2 rings (SSSR count). The monoisotopic (exact) mass is 272 g/mol. The highest BCUT2D eigenvalue weighted by Crippen LogP contribution is 2.43. The molecule has 2 bridgehead atoms. The predicted molar refractivity (Wildman–Crippen MR) is 61.1 cm³/mol. The molecule has 0 N–H and O–H groups in total. The summed E-state index contributed by atoms with van der Waals surface area (Å²) in [7, 11) is 0. The topological polar surface area (TPSA) is 0 Å². The van der Waals surface area contributed by atoms with Crippen molar-refractivity contribution in [3.8, 4) is 0 Å². The van der Waals surface area contributed by atoms with Crippen LogP contribution in [0, 0.1) is 0 Å². The molecular weight excluding hydrogens is 259 g/mol. The predicted octanol–water partition coefficient (Wildman–Crippen LogP) is 3.71. The zero-order valence-corrected chi connectivity index (χ0v) is 9.41. The summed E-state index contributed by atoms with van der Waals surface area (Å²) in [5.41, 5.74) is 3.10. The van der Waals surface area contributed by atoms with Crippen molar-refractivity contribution in [2.24, 2.45) is 0 Å². The number of halogens is 1. The van der Waals surface area contributed by atoms with Gasteiger partial charge in [0.25, 0.3) is 0 Å². The molecule has 0 saturated carbocycles. The van der Waals surface area contributed by atoms with Crippen molar-refractivity contribution < 1.29 is 0 Å². The SMILES string of the molecule is CCC1c2cccc(c2)C1CI. The van der Waals surface area contributed by atoms with Crippen LogP contribution in [-0.2, 0) is 0 Å². The second-order valence-corrected chi connectivity index (χ2v) is 4.33. The summed E-state index contributed by atoms with van der Waals surface area (Å²) in [5, 5.41) is 0. The van der Waals surface area contributed by atoms with Crippen LogP contribution in [0.25, 0.3) is 0 Å². The lowest BCUT2D eigenvalue weighted by Gasteiger charge is -2.16. The fourth-order valence-corrected chi connectivity index (χ4v) is 3.32. The maximum atomic E-state index is 2.50. The van der Waals surface area contributed by atoms with Crippen LogP contribution in [0.2, 0.25) is 0 Å². The molecule has 0 radical (unpaired) electrons. The first-order valence-corrected chi connectivity index (χ1v) is 6.05. The molecule has 0 fully saturated rings. The van der Waals surface area contributed by atoms with Crippen molar-refractivity contribution in [2.45, 2.75) is 25.2 Å². The van der Waals surface area contributed by atoms with Gasteiger partial charge in [-0.05, 0) is 29.4 Å². The lowest BCUT2D eigenvalue weighted by molar-refractivity contribution is 0.598. The molecule has 0 aliphatic heterocycles. The Hall–Kier alpha value is -0.0500. The van der Waals surface area contributed by atoms with Gasteiger partial charge in [-0.2, -0.15) is 0 Å². The summed E-state index contributed by atoms with van der Waals surface area (Å²) in [6.07, 6.45) is 1.28. The van der Waals surface area contributed by atoms with E-state index in [1.807, 2.05) is 0 Å². The van der Waals surface area contributed by atoms with Crippen molar-refractivity contribution >= 4 is 22.6 Å². The molecule has 0 spiro atoms. The highest BCUT2D eigenvalue weighted by molar-refractivity contribution is 14.1. The molecule has 2 unspecified atom stereocenters. The summed E-state index contributed by atoms with van der Waals surface area (Å²) in [6.45, 7) is 2.29. The van der Waals surface area contributed by atoms with E-state index in [0.29, 0.717) is 0 Å². The average Bonchev–Trinajstić information content (AvgIpc) is 2.36. The summed E-state index contributed by atoms with van der Waals surface area (Å²) in [6, 6.07) is 9.10. The number of rotatable bonds is 2. The molecule has 1 aliphatic carbocycles. The van der Waals surface area contributed by atoms with E-state index in [-0.39, 0.29) is 0 Å². The molecule has 0 aromatic heterocycles. The van der Waals surface area contributed by atoms with Gasteiger partial charge in [0.05, 0.1) is 0 Å². The van der Waals surface area contributed by atoms with Crippen molar-refractivity contribution in [3.63, 3.8) is 0 Å². The Bertz CT molecular complexity index is 255. The third-order valence-corrected chi connectivity index (χ3v) is 3.81. The Morgan fingerprint density at radius 1 is 1.25 bits per heavy atom. The molecular formula is C11H13I. The second kappa shape index (κ2) is 3.36. The number of hydrogen-bond donors (Lipinski definition) is 0. The van der Waals surface area contributed by atoms with Crippen molar-refractivity contribution in [3.05, 3.63) is 35.4 Å². The van der Waals surface area contributed by atoms with E-state index >= 15 is 0 Å². The van der Waals surface area contributed by atoms with E-state index in [4.69, 9.17) is 0 Å². The van der Waals surface area contributed by atoms with Gasteiger partial charge in [-0.25, -0.2) is 0 Å². The van der Waals surface area contributed by atoms with Gasteiger partial charge in [-0.15, -0.1) is 0 Å². The largest absolute Gasteiger partial charge is 0.0857 e. The molecule has 0 amide bonds. The van der Waals surface area contributed by atoms with Crippen molar-refractivity contribution in [2.75, 3.05) is 4.43 Å². The fourth-order valence-electron chi connectivity index (χ4n) is 2.20. The van der Waals surface area contributed by atoms with Crippen LogP contribution in [0.15, 0.2) is 24.3 Å². The van der Waals surface area contributed by atoms with Gasteiger partial charge in [0.2, 0.25) is 0 Å². The standard InChI is InChI=1S/C11H13I/c1-2-10-8-4-3-5-9(6-8)11(10)7-12/h3-6,10-11H,2,7H2,1H3. The fraction of sp³-hybridized carbons (Fsp3) is 0.455. The van der Waals surface area contributed by atoms with Gasteiger partial charge in [0, 0.05) is 4.43 Å². The lowest BCUT2D eigenvalue weighted by atomic mass is 9.91. The van der Waals surface area contributed by atoms with Crippen LogP contribution in [0.4, 0.5) is 0 Å². The van der Waals surface area contributed by atoms with Gasteiger partial charge in [-0.3, -0.25) is 0 Å². The third kappa shape index (κ3) is 1.18. The van der Waals surface area contributed by atoms with E-state index < -0.39 is 0 Å². The lowest BCUT2D eigenvalue weighted by Crippen LogP contribution is -2.04. The first-order valence-electron chi connectivity index (χ1n) is 4.52. The molecule has 0 saturated heterocycles. The van der Waals surface area contributed by atoms with E-state index in [1.165, 1.54) is 10.8 Å². The molecule has 1 aromatic carbocycles. The maximum Gasteiger partial charge on any atom is 0.00701 e. The molecule has 64 valence electrons. The Labute approximate surface area is 87.5 Å². The maximum absolute atomic E-state index is 2.50. The van der Waals surface area contributed by atoms with Crippen LogP contribution >= 0.6 is 22.6 Å². The van der Waals surface area contributed by atoms with Gasteiger partial charge in [0.1, 0.15) is 0 Å². The highest BCUT2D eigenvalue weighted by atomic mass is 127. The zero-order valence-electron chi connectivity index (χ0n) is 7.26. The van der Waals surface area contributed by atoms with E-state index in [9.17, 15) is 0 Å². The van der Waals surface area contributed by atoms with E-state index in [0.717, 1.165) is 11.8 Å². The second-order valence-electron chi connectivity index (χ2n) is 3.45. The van der Waals surface area contributed by atoms with Gasteiger partial charge >= 0.3 is 0 Å². The number of fused-ring (bicyclic) bond motifs is 2. The summed E-state index contributed by atoms with van der Waals surface area (Å²) >= 11 is 2.50. The van der Waals surface area contributed by atoms with Crippen molar-refractivity contribution in [1.82, 2.24) is 0 Å². The Balaban J connectivity index is 2.38. The third-order valence-electron chi connectivity index (χ3n) is 2.86. The molecule has 2 atom stereocenters. The smallest absolute Gasteiger partial charge is 0.00701 e. The first-order chi connectivity index (χ1) is 5.86. The van der Waals surface area contributed by atoms with Crippen LogP contribution in [0.3, 0.4) is 0 Å². The number of hydrogen-bond acceptors (Lipinski definition) is 0. The Morgan fingerprint density at radius 2 is 1.92 bits per heavy atom. The van der Waals surface area contributed by atoms with E-state index in [2.05, 4.69) is 53.8 Å². The minimum absolute atomic E-state index is 0.792. The molecule has 1 aromatic rings. The van der Waals surface area contributed by atoms with Gasteiger partial charge in [0.15, 0.2) is 0 Å². The van der Waals surface area contributed by atoms with Gasteiger partial charge in [-0.1, -0.05) is 53.8 Å². The minimum atomic E-state index is 0.792. The van der Waals surface area contributed by atoms with Crippen LogP contribution < -0.4 is 0 Å². The van der Waals surface area contributed by atoms with Crippen molar-refractivity contribution in [1.29, 1.82) is 0 Å². The molecule has 0 heterocycles. The zero-order chi connectivity index (χ0) is 8.55. The summed E-state index contributed by atoms with van der Waals surface area (Å²) in [5.74, 6) is 1.59. The molecule has 0 nitrogen and oxygen atoms in total. The molecule has 1 aliphatic rings. The quantitative estimate of drug-likeness (QED) is 0.568. The molecule has 1 heteroatoms. The van der Waals surface area contributed by atoms with Crippen LogP contribution in [0.5, 0.6) is 0 Å². The normalized spacial score (nSPS) is 26.2. The Kier molecular flexibility index (Phi) is 2.40. The Morgan fingerprint density at radius 3 is 2.50 bits per heavy atom. The van der Waals surface area contributed by atoms with E-state index in [1.54, 1.807) is 11.1 Å². The average molecular weight is 272 g/mol. The minimum Gasteiger partial charge on any atom is -0.0857 e. The first kappa shape index (κ1) is 8.54. The van der Waals surface area contributed by atoms with Crippen LogP contribution in [0.1, 0.15) is 36.3 Å². The number of alkyl halides is 1. The molecule has 12 heavy (non-hydrogen) atoms. The summed E-state index contributed by atoms with van der Waals surface area (Å²) < 4.78 is 1.25. The number of benzene rings is 1. The summed E-state index contributed by atoms with van der Waals surface area (Å²) in [4.78, 5) is 0. The van der Waals surface area contributed by atoms with Gasteiger partial charge < -0.3 is 0 Å². The van der Waals surface area contributed by atoms with Crippen LogP contribution in [-0.4, -0.2) is 4.43 Å². The highest BCUT2D eigenvalue weighted by Gasteiger charge is 2.27.